The second kappa shape index (κ2) is 12.3. The summed E-state index contributed by atoms with van der Waals surface area (Å²) in [6.45, 7) is 1.89. The average molecular weight is 380 g/mol. The number of aldehydes is 1. The van der Waals surface area contributed by atoms with Crippen LogP contribution in [0, 0.1) is 5.92 Å². The van der Waals surface area contributed by atoms with Crippen LogP contribution < -0.4 is 0 Å². The van der Waals surface area contributed by atoms with Crippen molar-refractivity contribution in [2.24, 2.45) is 5.92 Å². The third kappa shape index (κ3) is 6.55. The van der Waals surface area contributed by atoms with Gasteiger partial charge in [0.1, 0.15) is 6.29 Å². The molecule has 2 unspecified atom stereocenters. The van der Waals surface area contributed by atoms with Gasteiger partial charge < -0.3 is 20.1 Å². The van der Waals surface area contributed by atoms with Crippen LogP contribution in [-0.4, -0.2) is 50.6 Å². The molecule has 0 aromatic heterocycles. The molecule has 1 radical (unpaired) electrons. The van der Waals surface area contributed by atoms with E-state index in [2.05, 4.69) is 43.3 Å². The number of hydrogen-bond donors (Lipinski definition) is 1. The smallest absolute Gasteiger partial charge is 0.120 e. The monoisotopic (exact) mass is 380 g/mol. The molecule has 22 heavy (non-hydrogen) atoms. The third-order valence-electron chi connectivity index (χ3n) is 3.78. The fraction of sp³-hybridized carbons (Fsp3) is 0.588. The average Bonchev–Trinajstić information content (AvgIpc) is 2.52. The molecule has 1 aromatic carbocycles. The first-order chi connectivity index (χ1) is 10.2. The number of hydrogen-bond acceptors (Lipinski definition) is 3. The summed E-state index contributed by atoms with van der Waals surface area (Å²) >= 11 is 0. The SMILES string of the molecule is CN(C)CC(CCC=O)C1[N-]CCc2ccccc21.CO.[Y]. The van der Waals surface area contributed by atoms with Crippen molar-refractivity contribution in [2.75, 3.05) is 34.3 Å². The summed E-state index contributed by atoms with van der Waals surface area (Å²) < 4.78 is 0. The molecule has 1 N–H and O–H groups in total. The van der Waals surface area contributed by atoms with Crippen LogP contribution in [0.25, 0.3) is 5.32 Å². The van der Waals surface area contributed by atoms with Crippen molar-refractivity contribution in [1.82, 2.24) is 4.90 Å². The van der Waals surface area contributed by atoms with E-state index in [0.717, 1.165) is 39.3 Å². The van der Waals surface area contributed by atoms with Crippen molar-refractivity contribution in [1.29, 1.82) is 0 Å². The van der Waals surface area contributed by atoms with Crippen LogP contribution in [0.3, 0.4) is 0 Å². The van der Waals surface area contributed by atoms with E-state index >= 15 is 0 Å². The molecule has 0 amide bonds. The van der Waals surface area contributed by atoms with Crippen LogP contribution in [-0.2, 0) is 43.9 Å². The quantitative estimate of drug-likeness (QED) is 0.772. The summed E-state index contributed by atoms with van der Waals surface area (Å²) in [5, 5.41) is 11.8. The van der Waals surface area contributed by atoms with E-state index in [1.165, 1.54) is 11.1 Å². The van der Waals surface area contributed by atoms with Crippen molar-refractivity contribution in [2.45, 2.75) is 25.3 Å². The second-order valence-electron chi connectivity index (χ2n) is 5.57. The van der Waals surface area contributed by atoms with E-state index < -0.39 is 0 Å². The topological polar surface area (TPSA) is 54.6 Å². The Hall–Kier alpha value is -0.126. The Kier molecular flexibility index (Phi) is 12.2. The predicted molar refractivity (Wildman–Crippen MR) is 86.6 cm³/mol. The Bertz CT molecular complexity index is 427. The molecule has 1 aliphatic rings. The summed E-state index contributed by atoms with van der Waals surface area (Å²) in [5.74, 6) is 0.432. The number of aliphatic hydroxyl groups excluding tert-OH is 1. The van der Waals surface area contributed by atoms with Gasteiger partial charge >= 0.3 is 0 Å². The van der Waals surface area contributed by atoms with E-state index in [4.69, 9.17) is 10.4 Å². The standard InChI is InChI=1S/C16H23N2O.CH4O.Y/c1-18(2)12-14(7-5-11-19)16-15-8-4-3-6-13(15)9-10-17-16;1-2;/h3-4,6,8,11,14,16H,5,7,9-10,12H2,1-2H3;2H,1H3;/q-1;;. The van der Waals surface area contributed by atoms with Crippen molar-refractivity contribution < 1.29 is 42.6 Å². The number of carbonyl (C=O) groups is 1. The maximum atomic E-state index is 10.7. The molecule has 0 saturated heterocycles. The number of carbonyl (C=O) groups excluding carboxylic acids is 1. The van der Waals surface area contributed by atoms with Crippen molar-refractivity contribution >= 4 is 6.29 Å². The Labute approximate surface area is 159 Å². The molecule has 0 aliphatic carbocycles. The number of benzene rings is 1. The van der Waals surface area contributed by atoms with Gasteiger partial charge in [-0.15, -0.1) is 12.6 Å². The van der Waals surface area contributed by atoms with Crippen molar-refractivity contribution in [3.8, 4) is 0 Å². The molecular weight excluding hydrogens is 353 g/mol. The Morgan fingerprint density at radius 2 is 2.05 bits per heavy atom. The summed E-state index contributed by atoms with van der Waals surface area (Å²) in [7, 11) is 5.17. The summed E-state index contributed by atoms with van der Waals surface area (Å²) in [5.41, 5.74) is 2.80. The molecule has 0 fully saturated rings. The molecule has 2 atom stereocenters. The number of rotatable bonds is 6. The number of fused-ring (bicyclic) bond motifs is 1. The van der Waals surface area contributed by atoms with Gasteiger partial charge in [-0.2, -0.15) is 0 Å². The molecule has 121 valence electrons. The molecule has 0 saturated carbocycles. The van der Waals surface area contributed by atoms with Gasteiger partial charge in [0.15, 0.2) is 0 Å². The van der Waals surface area contributed by atoms with Gasteiger partial charge in [-0.1, -0.05) is 29.8 Å². The first kappa shape index (κ1) is 21.9. The fourth-order valence-corrected chi connectivity index (χ4v) is 2.98. The van der Waals surface area contributed by atoms with Gasteiger partial charge in [0.25, 0.3) is 0 Å². The van der Waals surface area contributed by atoms with Gasteiger partial charge in [-0.05, 0) is 45.0 Å². The van der Waals surface area contributed by atoms with E-state index in [1.54, 1.807) is 0 Å². The van der Waals surface area contributed by atoms with Crippen molar-refractivity contribution in [3.63, 3.8) is 0 Å². The number of nitrogens with zero attached hydrogens (tertiary/aromatic N) is 2. The van der Waals surface area contributed by atoms with Gasteiger partial charge in [-0.25, -0.2) is 0 Å². The molecular formula is C17H27N2O2Y-. The van der Waals surface area contributed by atoms with Crippen LogP contribution in [0.2, 0.25) is 0 Å². The van der Waals surface area contributed by atoms with E-state index in [-0.39, 0.29) is 38.8 Å². The molecule has 0 spiro atoms. The van der Waals surface area contributed by atoms with Gasteiger partial charge in [0.2, 0.25) is 0 Å². The van der Waals surface area contributed by atoms with Crippen LogP contribution in [0.4, 0.5) is 0 Å². The largest absolute Gasteiger partial charge is 0.655 e. The minimum absolute atomic E-state index is 0. The first-order valence-electron chi connectivity index (χ1n) is 7.50. The summed E-state index contributed by atoms with van der Waals surface area (Å²) in [6.07, 6.45) is 3.63. The molecule has 1 aromatic rings. The maximum absolute atomic E-state index is 10.7. The second-order valence-corrected chi connectivity index (χ2v) is 5.57. The Morgan fingerprint density at radius 1 is 1.36 bits per heavy atom. The molecule has 1 heterocycles. The maximum Gasteiger partial charge on any atom is 0.120 e. The zero-order valence-corrected chi connectivity index (χ0v) is 16.7. The Balaban J connectivity index is 0.00000141. The van der Waals surface area contributed by atoms with E-state index in [1.807, 2.05) is 0 Å². The predicted octanol–water partition coefficient (Wildman–Crippen LogP) is 2.42. The van der Waals surface area contributed by atoms with Crippen LogP contribution in [0.15, 0.2) is 24.3 Å². The molecule has 1 aliphatic heterocycles. The fourth-order valence-electron chi connectivity index (χ4n) is 2.98. The third-order valence-corrected chi connectivity index (χ3v) is 3.78. The first-order valence-corrected chi connectivity index (χ1v) is 7.50. The minimum Gasteiger partial charge on any atom is -0.655 e. The molecule has 0 bridgehead atoms. The molecule has 4 nitrogen and oxygen atoms in total. The van der Waals surface area contributed by atoms with Crippen LogP contribution >= 0.6 is 0 Å². The van der Waals surface area contributed by atoms with Crippen molar-refractivity contribution in [3.05, 3.63) is 40.7 Å². The molecule has 5 heteroatoms. The normalized spacial score (nSPS) is 17.6. The van der Waals surface area contributed by atoms with E-state index in [0.29, 0.717) is 12.3 Å². The zero-order chi connectivity index (χ0) is 15.7. The molecule has 2 rings (SSSR count). The minimum atomic E-state index is 0. The van der Waals surface area contributed by atoms with E-state index in [9.17, 15) is 4.79 Å². The van der Waals surface area contributed by atoms with Gasteiger partial charge in [0.05, 0.1) is 0 Å². The summed E-state index contributed by atoms with van der Waals surface area (Å²) in [4.78, 5) is 12.9. The summed E-state index contributed by atoms with van der Waals surface area (Å²) in [6, 6.07) is 8.87. The van der Waals surface area contributed by atoms with Gasteiger partial charge in [0, 0.05) is 46.2 Å². The zero-order valence-electron chi connectivity index (χ0n) is 13.9. The Morgan fingerprint density at radius 3 is 2.68 bits per heavy atom. The van der Waals surface area contributed by atoms with Crippen LogP contribution in [0.5, 0.6) is 0 Å². The van der Waals surface area contributed by atoms with Gasteiger partial charge in [-0.3, -0.25) is 0 Å². The number of aliphatic hydroxyl groups is 1. The van der Waals surface area contributed by atoms with Crippen LogP contribution in [0.1, 0.15) is 30.0 Å².